The first kappa shape index (κ1) is 13.3. The molecule has 1 aromatic heterocycles. The summed E-state index contributed by atoms with van der Waals surface area (Å²) in [7, 11) is -3.81. The number of sulfonamides is 1. The molecule has 0 unspecified atom stereocenters. The second-order valence-electron chi connectivity index (χ2n) is 3.95. The number of aryl methyl sites for hydroxylation is 1. The SMILES string of the molecule is Cc1ccc(S(N)(=O)=O)cc1NC(=O)c1ccco1. The fraction of sp³-hybridized carbons (Fsp3) is 0.0833. The van der Waals surface area contributed by atoms with Crippen molar-refractivity contribution in [3.63, 3.8) is 0 Å². The van der Waals surface area contributed by atoms with Crippen LogP contribution < -0.4 is 10.5 Å². The molecule has 6 nitrogen and oxygen atoms in total. The third-order valence-corrected chi connectivity index (χ3v) is 3.44. The van der Waals surface area contributed by atoms with Crippen molar-refractivity contribution >= 4 is 21.6 Å². The minimum Gasteiger partial charge on any atom is -0.459 e. The Morgan fingerprint density at radius 3 is 2.63 bits per heavy atom. The largest absolute Gasteiger partial charge is 0.459 e. The van der Waals surface area contributed by atoms with Gasteiger partial charge in [-0.25, -0.2) is 13.6 Å². The average molecular weight is 280 g/mol. The molecule has 0 aliphatic carbocycles. The molecule has 2 rings (SSSR count). The van der Waals surface area contributed by atoms with Crippen molar-refractivity contribution in [3.05, 3.63) is 47.9 Å². The summed E-state index contributed by atoms with van der Waals surface area (Å²) >= 11 is 0. The maximum Gasteiger partial charge on any atom is 0.291 e. The summed E-state index contributed by atoms with van der Waals surface area (Å²) in [5.74, 6) is -0.319. The predicted octanol–water partition coefficient (Wildman–Crippen LogP) is 1.49. The van der Waals surface area contributed by atoms with Crippen molar-refractivity contribution in [3.8, 4) is 0 Å². The number of carbonyl (C=O) groups excluding carboxylic acids is 1. The van der Waals surface area contributed by atoms with Crippen LogP contribution in [0.15, 0.2) is 45.9 Å². The fourth-order valence-electron chi connectivity index (χ4n) is 1.50. The van der Waals surface area contributed by atoms with Crippen molar-refractivity contribution in [2.24, 2.45) is 5.14 Å². The molecule has 0 atom stereocenters. The van der Waals surface area contributed by atoms with E-state index in [2.05, 4.69) is 5.32 Å². The van der Waals surface area contributed by atoms with Gasteiger partial charge >= 0.3 is 0 Å². The van der Waals surface area contributed by atoms with E-state index in [1.807, 2.05) is 0 Å². The van der Waals surface area contributed by atoms with E-state index in [1.165, 1.54) is 24.5 Å². The van der Waals surface area contributed by atoms with Crippen LogP contribution in [-0.4, -0.2) is 14.3 Å². The van der Waals surface area contributed by atoms with E-state index in [0.29, 0.717) is 11.3 Å². The molecule has 7 heteroatoms. The molecular formula is C12H12N2O4S. The molecule has 1 heterocycles. The van der Waals surface area contributed by atoms with E-state index in [0.717, 1.165) is 0 Å². The minimum atomic E-state index is -3.81. The van der Waals surface area contributed by atoms with E-state index >= 15 is 0 Å². The molecule has 0 fully saturated rings. The number of carbonyl (C=O) groups is 1. The van der Waals surface area contributed by atoms with Crippen LogP contribution in [-0.2, 0) is 10.0 Å². The molecule has 0 spiro atoms. The molecule has 0 bridgehead atoms. The van der Waals surface area contributed by atoms with Crippen LogP contribution >= 0.6 is 0 Å². The van der Waals surface area contributed by atoms with Gasteiger partial charge in [0.25, 0.3) is 5.91 Å². The zero-order valence-corrected chi connectivity index (χ0v) is 10.9. The Balaban J connectivity index is 2.32. The zero-order chi connectivity index (χ0) is 14.0. The van der Waals surface area contributed by atoms with Crippen molar-refractivity contribution in [2.75, 3.05) is 5.32 Å². The highest BCUT2D eigenvalue weighted by atomic mass is 32.2. The van der Waals surface area contributed by atoms with Gasteiger partial charge in [-0.2, -0.15) is 0 Å². The van der Waals surface area contributed by atoms with Gasteiger partial charge in [-0.05, 0) is 36.8 Å². The summed E-state index contributed by atoms with van der Waals surface area (Å²) in [5, 5.41) is 7.61. The summed E-state index contributed by atoms with van der Waals surface area (Å²) in [6.45, 7) is 1.74. The van der Waals surface area contributed by atoms with Gasteiger partial charge in [0.1, 0.15) is 0 Å². The average Bonchev–Trinajstić information content (AvgIpc) is 2.84. The third kappa shape index (κ3) is 3.01. The summed E-state index contributed by atoms with van der Waals surface area (Å²) in [5.41, 5.74) is 1.08. The molecule has 2 aromatic rings. The molecule has 1 aromatic carbocycles. The highest BCUT2D eigenvalue weighted by Crippen LogP contribution is 2.20. The number of amides is 1. The molecule has 0 aliphatic rings. The van der Waals surface area contributed by atoms with Crippen LogP contribution in [0.5, 0.6) is 0 Å². The van der Waals surface area contributed by atoms with Crippen LogP contribution in [0.25, 0.3) is 0 Å². The lowest BCUT2D eigenvalue weighted by Gasteiger charge is -2.08. The number of nitrogens with two attached hydrogens (primary N) is 1. The molecule has 100 valence electrons. The van der Waals surface area contributed by atoms with Gasteiger partial charge < -0.3 is 9.73 Å². The van der Waals surface area contributed by atoms with Gasteiger partial charge in [-0.15, -0.1) is 0 Å². The summed E-state index contributed by atoms with van der Waals surface area (Å²) in [6.07, 6.45) is 1.38. The number of rotatable bonds is 3. The Labute approximate surface area is 110 Å². The summed E-state index contributed by atoms with van der Waals surface area (Å²) in [6, 6.07) is 7.35. The predicted molar refractivity (Wildman–Crippen MR) is 69.2 cm³/mol. The number of anilines is 1. The Bertz CT molecular complexity index is 705. The molecule has 0 aliphatic heterocycles. The first-order valence-corrected chi connectivity index (χ1v) is 6.91. The molecule has 3 N–H and O–H groups in total. The van der Waals surface area contributed by atoms with E-state index in [-0.39, 0.29) is 10.7 Å². The standard InChI is InChI=1S/C12H12N2O4S/c1-8-4-5-9(19(13,16)17)7-10(8)14-12(15)11-3-2-6-18-11/h2-7H,1H3,(H,14,15)(H2,13,16,17). The van der Waals surface area contributed by atoms with E-state index in [9.17, 15) is 13.2 Å². The van der Waals surface area contributed by atoms with Crippen LogP contribution in [0.3, 0.4) is 0 Å². The van der Waals surface area contributed by atoms with Crippen LogP contribution in [0, 0.1) is 6.92 Å². The summed E-state index contributed by atoms with van der Waals surface area (Å²) in [4.78, 5) is 11.7. The number of benzene rings is 1. The van der Waals surface area contributed by atoms with E-state index in [1.54, 1.807) is 19.1 Å². The topological polar surface area (TPSA) is 102 Å². The van der Waals surface area contributed by atoms with Gasteiger partial charge in [-0.3, -0.25) is 4.79 Å². The highest BCUT2D eigenvalue weighted by molar-refractivity contribution is 7.89. The smallest absolute Gasteiger partial charge is 0.291 e. The Morgan fingerprint density at radius 1 is 1.32 bits per heavy atom. The first-order chi connectivity index (χ1) is 8.88. The minimum absolute atomic E-state index is 0.0622. The lowest BCUT2D eigenvalue weighted by atomic mass is 10.2. The van der Waals surface area contributed by atoms with Crippen molar-refractivity contribution in [1.82, 2.24) is 0 Å². The maximum atomic E-state index is 11.8. The third-order valence-electron chi connectivity index (χ3n) is 2.53. The molecule has 1 amide bonds. The normalized spacial score (nSPS) is 11.3. The molecule has 0 saturated heterocycles. The zero-order valence-electron chi connectivity index (χ0n) is 10.1. The number of hydrogen-bond donors (Lipinski definition) is 2. The monoisotopic (exact) mass is 280 g/mol. The second-order valence-corrected chi connectivity index (χ2v) is 5.51. The van der Waals surface area contributed by atoms with Crippen LogP contribution in [0.1, 0.15) is 16.1 Å². The second kappa shape index (κ2) is 4.87. The highest BCUT2D eigenvalue weighted by Gasteiger charge is 2.13. The van der Waals surface area contributed by atoms with Crippen LogP contribution in [0.4, 0.5) is 5.69 Å². The molecule has 19 heavy (non-hydrogen) atoms. The Morgan fingerprint density at radius 2 is 2.05 bits per heavy atom. The number of furan rings is 1. The molecular weight excluding hydrogens is 268 g/mol. The van der Waals surface area contributed by atoms with Gasteiger partial charge in [0, 0.05) is 5.69 Å². The van der Waals surface area contributed by atoms with Crippen LogP contribution in [0.2, 0.25) is 0 Å². The van der Waals surface area contributed by atoms with Gasteiger partial charge in [-0.1, -0.05) is 6.07 Å². The van der Waals surface area contributed by atoms with Crippen molar-refractivity contribution < 1.29 is 17.6 Å². The lowest BCUT2D eigenvalue weighted by Crippen LogP contribution is -2.15. The number of primary sulfonamides is 1. The van der Waals surface area contributed by atoms with Gasteiger partial charge in [0.15, 0.2) is 5.76 Å². The van der Waals surface area contributed by atoms with Gasteiger partial charge in [0.2, 0.25) is 10.0 Å². The van der Waals surface area contributed by atoms with Gasteiger partial charge in [0.05, 0.1) is 11.2 Å². The number of nitrogens with one attached hydrogen (secondary N) is 1. The Kier molecular flexibility index (Phi) is 3.41. The number of hydrogen-bond acceptors (Lipinski definition) is 4. The fourth-order valence-corrected chi connectivity index (χ4v) is 2.04. The van der Waals surface area contributed by atoms with Crippen molar-refractivity contribution in [1.29, 1.82) is 0 Å². The summed E-state index contributed by atoms with van der Waals surface area (Å²) < 4.78 is 27.5. The van der Waals surface area contributed by atoms with Crippen molar-refractivity contribution in [2.45, 2.75) is 11.8 Å². The first-order valence-electron chi connectivity index (χ1n) is 5.36. The van der Waals surface area contributed by atoms with E-state index in [4.69, 9.17) is 9.56 Å². The lowest BCUT2D eigenvalue weighted by molar-refractivity contribution is 0.0996. The molecule has 0 saturated carbocycles. The Hall–Kier alpha value is -2.12. The maximum absolute atomic E-state index is 11.8. The molecule has 0 radical (unpaired) electrons. The quantitative estimate of drug-likeness (QED) is 0.889. The van der Waals surface area contributed by atoms with E-state index < -0.39 is 15.9 Å².